The number of hydrogen-bond acceptors (Lipinski definition) is 6. The SMILES string of the molecule is COC1=CC(OC)=C(Br)C2C3c4c(OC)cc(OC)c(Br)c4C(Br)(C3c3ccc(OC)cc3)[C@H](c3ccc(OC)cc3)C12. The lowest BCUT2D eigenvalue weighted by atomic mass is 9.55. The van der Waals surface area contributed by atoms with Gasteiger partial charge in [-0.1, -0.05) is 56.1 Å². The summed E-state index contributed by atoms with van der Waals surface area (Å²) in [6.45, 7) is 0. The van der Waals surface area contributed by atoms with Crippen LogP contribution in [0.3, 0.4) is 0 Å². The van der Waals surface area contributed by atoms with Crippen molar-refractivity contribution in [2.75, 3.05) is 42.7 Å². The molecule has 0 N–H and O–H groups in total. The van der Waals surface area contributed by atoms with E-state index < -0.39 is 4.32 Å². The highest BCUT2D eigenvalue weighted by Crippen LogP contribution is 2.78. The van der Waals surface area contributed by atoms with Gasteiger partial charge in [0.25, 0.3) is 0 Å². The summed E-state index contributed by atoms with van der Waals surface area (Å²) < 4.78 is 36.6. The summed E-state index contributed by atoms with van der Waals surface area (Å²) in [5.74, 6) is 4.46. The van der Waals surface area contributed by atoms with Gasteiger partial charge in [0, 0.05) is 51.8 Å². The standard InChI is InChI=1S/C34H33Br3O6/c1-38-19-11-7-17(8-12-19)29-26-22(41-4)15-23(42-5)32(35)28(26)27-25-21(40-3)16-24(43-6)33(36)31(25)34(29,37)30(27)18-9-13-20(39-2)14-10-18/h7-16,26-30H,1-6H3/t26?,27?,28?,29-,30?,34?/m1/s1. The predicted octanol–water partition coefficient (Wildman–Crippen LogP) is 8.78. The molecule has 0 aliphatic heterocycles. The van der Waals surface area contributed by atoms with Crippen molar-refractivity contribution < 1.29 is 28.4 Å². The second kappa shape index (κ2) is 11.7. The van der Waals surface area contributed by atoms with E-state index in [4.69, 9.17) is 28.4 Å². The summed E-state index contributed by atoms with van der Waals surface area (Å²) in [6, 6.07) is 18.8. The maximum Gasteiger partial charge on any atom is 0.137 e. The summed E-state index contributed by atoms with van der Waals surface area (Å²) in [4.78, 5) is 0. The van der Waals surface area contributed by atoms with Crippen LogP contribution in [-0.4, -0.2) is 42.7 Å². The van der Waals surface area contributed by atoms with Crippen LogP contribution in [0.1, 0.15) is 40.0 Å². The number of benzene rings is 3. The Morgan fingerprint density at radius 3 is 1.60 bits per heavy atom. The fourth-order valence-corrected chi connectivity index (χ4v) is 11.1. The molecule has 0 radical (unpaired) electrons. The molecule has 226 valence electrons. The lowest BCUT2D eigenvalue weighted by Gasteiger charge is -2.53. The Morgan fingerprint density at radius 1 is 0.605 bits per heavy atom. The van der Waals surface area contributed by atoms with Gasteiger partial charge in [0.05, 0.1) is 51.5 Å². The van der Waals surface area contributed by atoms with Crippen LogP contribution in [-0.2, 0) is 13.8 Å². The van der Waals surface area contributed by atoms with E-state index >= 15 is 0 Å². The largest absolute Gasteiger partial charge is 0.501 e. The highest BCUT2D eigenvalue weighted by molar-refractivity contribution is 9.11. The van der Waals surface area contributed by atoms with Gasteiger partial charge in [-0.2, -0.15) is 0 Å². The smallest absolute Gasteiger partial charge is 0.137 e. The summed E-state index contributed by atoms with van der Waals surface area (Å²) >= 11 is 12.6. The Kier molecular flexibility index (Phi) is 8.28. The first-order chi connectivity index (χ1) is 20.8. The van der Waals surface area contributed by atoms with Crippen molar-refractivity contribution in [3.63, 3.8) is 0 Å². The minimum absolute atomic E-state index is 0.0269. The number of rotatable bonds is 8. The molecule has 0 amide bonds. The van der Waals surface area contributed by atoms with Crippen molar-refractivity contribution in [2.45, 2.75) is 22.1 Å². The molecule has 9 heteroatoms. The number of allylic oxidation sites excluding steroid dienone is 3. The zero-order valence-corrected chi connectivity index (χ0v) is 29.5. The molecule has 5 unspecified atom stereocenters. The van der Waals surface area contributed by atoms with E-state index in [1.54, 1.807) is 42.7 Å². The zero-order valence-electron chi connectivity index (χ0n) is 24.7. The van der Waals surface area contributed by atoms with Crippen LogP contribution >= 0.6 is 47.8 Å². The monoisotopic (exact) mass is 774 g/mol. The number of fused-ring (bicyclic) bond motifs is 7. The fourth-order valence-electron chi connectivity index (χ4n) is 7.65. The van der Waals surface area contributed by atoms with E-state index in [-0.39, 0.29) is 29.6 Å². The number of hydrogen-bond donors (Lipinski definition) is 0. The molecule has 3 aromatic rings. The maximum atomic E-state index is 6.21. The third-order valence-corrected chi connectivity index (χ3v) is 12.4. The number of halogens is 3. The predicted molar refractivity (Wildman–Crippen MR) is 177 cm³/mol. The van der Waals surface area contributed by atoms with E-state index in [1.165, 1.54) is 5.56 Å². The molecule has 6 rings (SSSR count). The summed E-state index contributed by atoms with van der Waals surface area (Å²) in [7, 11) is 10.2. The number of alkyl halides is 1. The van der Waals surface area contributed by atoms with Crippen LogP contribution in [0.15, 0.2) is 81.1 Å². The topological polar surface area (TPSA) is 55.4 Å². The average molecular weight is 777 g/mol. The summed E-state index contributed by atoms with van der Waals surface area (Å²) in [5, 5.41) is 0. The molecule has 0 saturated heterocycles. The Hall–Kier alpha value is -2.62. The lowest BCUT2D eigenvalue weighted by molar-refractivity contribution is 0.114. The van der Waals surface area contributed by atoms with Gasteiger partial charge in [0.15, 0.2) is 0 Å². The molecular formula is C34H33Br3O6. The van der Waals surface area contributed by atoms with Gasteiger partial charge in [0.1, 0.15) is 34.5 Å². The first-order valence-electron chi connectivity index (χ1n) is 13.9. The third kappa shape index (κ3) is 4.44. The minimum atomic E-state index is -0.618. The molecule has 43 heavy (non-hydrogen) atoms. The molecule has 3 aliphatic rings. The molecule has 3 aliphatic carbocycles. The Labute approximate surface area is 277 Å². The molecule has 6 nitrogen and oxygen atoms in total. The Bertz CT molecular complexity index is 1600. The quantitative estimate of drug-likeness (QED) is 0.214. The maximum absolute atomic E-state index is 6.21. The molecule has 1 fully saturated rings. The molecule has 3 aromatic carbocycles. The average Bonchev–Trinajstić information content (AvgIpc) is 3.25. The lowest BCUT2D eigenvalue weighted by Crippen LogP contribution is -2.47. The van der Waals surface area contributed by atoms with Crippen LogP contribution in [0.25, 0.3) is 0 Å². The van der Waals surface area contributed by atoms with Gasteiger partial charge in [-0.25, -0.2) is 0 Å². The van der Waals surface area contributed by atoms with Crippen LogP contribution < -0.4 is 18.9 Å². The molecule has 1 saturated carbocycles. The van der Waals surface area contributed by atoms with Gasteiger partial charge in [-0.05, 0) is 56.9 Å². The van der Waals surface area contributed by atoms with Crippen molar-refractivity contribution >= 4 is 47.8 Å². The first kappa shape index (κ1) is 30.4. The summed E-state index contributed by atoms with van der Waals surface area (Å²) in [6.07, 6.45) is 2.02. The van der Waals surface area contributed by atoms with Gasteiger partial charge in [0.2, 0.25) is 0 Å². The summed E-state index contributed by atoms with van der Waals surface area (Å²) in [5.41, 5.74) is 4.56. The van der Waals surface area contributed by atoms with E-state index in [9.17, 15) is 0 Å². The van der Waals surface area contributed by atoms with Gasteiger partial charge < -0.3 is 28.4 Å². The van der Waals surface area contributed by atoms with E-state index in [0.29, 0.717) is 5.75 Å². The second-order valence-electron chi connectivity index (χ2n) is 10.9. The minimum Gasteiger partial charge on any atom is -0.501 e. The van der Waals surface area contributed by atoms with Crippen molar-refractivity contribution in [1.82, 2.24) is 0 Å². The molecule has 0 aromatic heterocycles. The van der Waals surface area contributed by atoms with E-state index in [0.717, 1.165) is 54.4 Å². The second-order valence-corrected chi connectivity index (χ2v) is 13.9. The third-order valence-electron chi connectivity index (χ3n) is 9.32. The highest BCUT2D eigenvalue weighted by atomic mass is 79.9. The number of methoxy groups -OCH3 is 6. The molecular weight excluding hydrogens is 744 g/mol. The zero-order chi connectivity index (χ0) is 30.6. The van der Waals surface area contributed by atoms with Crippen LogP contribution in [0, 0.1) is 11.8 Å². The van der Waals surface area contributed by atoms with Crippen molar-refractivity contribution in [3.8, 4) is 23.0 Å². The van der Waals surface area contributed by atoms with Gasteiger partial charge in [-0.3, -0.25) is 0 Å². The Morgan fingerprint density at radius 2 is 1.14 bits per heavy atom. The molecule has 0 spiro atoms. The van der Waals surface area contributed by atoms with Crippen molar-refractivity contribution in [3.05, 3.63) is 103 Å². The van der Waals surface area contributed by atoms with Gasteiger partial charge >= 0.3 is 0 Å². The van der Waals surface area contributed by atoms with Crippen LogP contribution in [0.2, 0.25) is 0 Å². The first-order valence-corrected chi connectivity index (χ1v) is 16.3. The van der Waals surface area contributed by atoms with E-state index in [1.807, 2.05) is 36.4 Å². The van der Waals surface area contributed by atoms with Gasteiger partial charge in [-0.15, -0.1) is 0 Å². The highest BCUT2D eigenvalue weighted by Gasteiger charge is 2.68. The molecule has 0 heterocycles. The Balaban J connectivity index is 1.76. The van der Waals surface area contributed by atoms with Crippen LogP contribution in [0.5, 0.6) is 23.0 Å². The van der Waals surface area contributed by atoms with Crippen molar-refractivity contribution in [2.24, 2.45) is 11.8 Å². The molecule has 6 atom stereocenters. The fraction of sp³-hybridized carbons (Fsp3) is 0.353. The normalized spacial score (nSPS) is 27.1. The van der Waals surface area contributed by atoms with Crippen LogP contribution in [0.4, 0.5) is 0 Å². The van der Waals surface area contributed by atoms with E-state index in [2.05, 4.69) is 72.1 Å². The van der Waals surface area contributed by atoms with Crippen molar-refractivity contribution in [1.29, 1.82) is 0 Å². The number of ether oxygens (including phenoxy) is 6. The molecule has 2 bridgehead atoms.